The summed E-state index contributed by atoms with van der Waals surface area (Å²) in [6.07, 6.45) is 5.37. The van der Waals surface area contributed by atoms with Crippen LogP contribution in [0.5, 0.6) is 0 Å². The van der Waals surface area contributed by atoms with Gasteiger partial charge < -0.3 is 9.64 Å². The second-order valence-electron chi connectivity index (χ2n) is 5.44. The Labute approximate surface area is 109 Å². The van der Waals surface area contributed by atoms with Crippen molar-refractivity contribution < 1.29 is 14.3 Å². The summed E-state index contributed by atoms with van der Waals surface area (Å²) in [4.78, 5) is 26.1. The van der Waals surface area contributed by atoms with Gasteiger partial charge in [-0.25, -0.2) is 0 Å². The molecule has 3 atom stereocenters. The Hall–Kier alpha value is -0.900. The number of ether oxygens (including phenoxy) is 1. The largest absolute Gasteiger partial charge is 0.372 e. The molecular weight excluding hydrogens is 230 g/mol. The maximum absolute atomic E-state index is 12.3. The van der Waals surface area contributed by atoms with Gasteiger partial charge in [0, 0.05) is 32.0 Å². The van der Waals surface area contributed by atoms with Crippen molar-refractivity contribution in [1.29, 1.82) is 0 Å². The zero-order chi connectivity index (χ0) is 13.1. The highest BCUT2D eigenvalue weighted by molar-refractivity contribution is 5.86. The van der Waals surface area contributed by atoms with Gasteiger partial charge in [0.05, 0.1) is 0 Å². The van der Waals surface area contributed by atoms with E-state index in [2.05, 4.69) is 0 Å². The Morgan fingerprint density at radius 2 is 2.11 bits per heavy atom. The van der Waals surface area contributed by atoms with Crippen LogP contribution < -0.4 is 0 Å². The molecule has 4 nitrogen and oxygen atoms in total. The lowest BCUT2D eigenvalue weighted by Gasteiger charge is -2.39. The number of piperidine rings is 1. The van der Waals surface area contributed by atoms with Crippen molar-refractivity contribution in [3.05, 3.63) is 0 Å². The van der Waals surface area contributed by atoms with Crippen LogP contribution in [0, 0.1) is 5.92 Å². The standard InChI is InChI=1S/C14H23NO3/c1-10(18-2)14(17)15-9-4-3-7-12(15)11-6-5-8-13(11)16/h10-12H,3-9H2,1-2H3. The number of ketones is 1. The molecule has 0 N–H and O–H groups in total. The molecule has 1 saturated carbocycles. The lowest BCUT2D eigenvalue weighted by atomic mass is 9.88. The van der Waals surface area contributed by atoms with Crippen LogP contribution in [0.25, 0.3) is 0 Å². The van der Waals surface area contributed by atoms with Crippen LogP contribution in [0.4, 0.5) is 0 Å². The summed E-state index contributed by atoms with van der Waals surface area (Å²) in [5.41, 5.74) is 0. The minimum absolute atomic E-state index is 0.0434. The van der Waals surface area contributed by atoms with Gasteiger partial charge in [-0.05, 0) is 39.0 Å². The molecule has 2 rings (SSSR count). The average Bonchev–Trinajstić information content (AvgIpc) is 2.83. The number of likely N-dealkylation sites (tertiary alicyclic amines) is 1. The number of hydrogen-bond acceptors (Lipinski definition) is 3. The monoisotopic (exact) mass is 253 g/mol. The molecule has 3 unspecified atom stereocenters. The van der Waals surface area contributed by atoms with E-state index in [4.69, 9.17) is 4.74 Å². The predicted octanol–water partition coefficient (Wildman–Crippen LogP) is 1.77. The summed E-state index contributed by atoms with van der Waals surface area (Å²) >= 11 is 0. The first-order valence-corrected chi connectivity index (χ1v) is 7.01. The lowest BCUT2D eigenvalue weighted by Crippen LogP contribution is -2.51. The van der Waals surface area contributed by atoms with Crippen molar-refractivity contribution in [1.82, 2.24) is 4.90 Å². The zero-order valence-corrected chi connectivity index (χ0v) is 11.4. The van der Waals surface area contributed by atoms with E-state index in [1.165, 1.54) is 0 Å². The molecule has 0 aromatic rings. The van der Waals surface area contributed by atoms with Gasteiger partial charge >= 0.3 is 0 Å². The SMILES string of the molecule is COC(C)C(=O)N1CCCCC1C1CCCC1=O. The van der Waals surface area contributed by atoms with Crippen LogP contribution in [0.2, 0.25) is 0 Å². The quantitative estimate of drug-likeness (QED) is 0.770. The van der Waals surface area contributed by atoms with E-state index in [0.29, 0.717) is 12.2 Å². The number of nitrogens with zero attached hydrogens (tertiary/aromatic N) is 1. The third kappa shape index (κ3) is 2.58. The molecule has 0 aromatic heterocycles. The molecule has 2 fully saturated rings. The number of Topliss-reactive ketones (excluding diaryl/α,β-unsaturated/α-hetero) is 1. The number of hydrogen-bond donors (Lipinski definition) is 0. The highest BCUT2D eigenvalue weighted by Crippen LogP contribution is 2.33. The Morgan fingerprint density at radius 1 is 1.33 bits per heavy atom. The highest BCUT2D eigenvalue weighted by Gasteiger charge is 2.39. The molecule has 1 amide bonds. The fourth-order valence-electron chi connectivity index (χ4n) is 3.23. The molecule has 1 saturated heterocycles. The molecule has 1 aliphatic carbocycles. The molecule has 1 heterocycles. The third-order valence-electron chi connectivity index (χ3n) is 4.35. The van der Waals surface area contributed by atoms with Gasteiger partial charge in [-0.15, -0.1) is 0 Å². The van der Waals surface area contributed by atoms with Crippen LogP contribution in [-0.4, -0.2) is 42.4 Å². The Balaban J connectivity index is 2.10. The van der Waals surface area contributed by atoms with Gasteiger partial charge in [-0.1, -0.05) is 0 Å². The molecule has 2 aliphatic rings. The minimum atomic E-state index is -0.401. The molecule has 18 heavy (non-hydrogen) atoms. The third-order valence-corrected chi connectivity index (χ3v) is 4.35. The number of methoxy groups -OCH3 is 1. The number of carbonyl (C=O) groups excluding carboxylic acids is 2. The zero-order valence-electron chi connectivity index (χ0n) is 11.4. The van der Waals surface area contributed by atoms with Crippen LogP contribution in [0.1, 0.15) is 45.4 Å². The second-order valence-corrected chi connectivity index (χ2v) is 5.44. The van der Waals surface area contributed by atoms with Crippen molar-refractivity contribution >= 4 is 11.7 Å². The van der Waals surface area contributed by atoms with E-state index in [0.717, 1.165) is 38.6 Å². The van der Waals surface area contributed by atoms with E-state index in [1.54, 1.807) is 14.0 Å². The molecule has 4 heteroatoms. The Bertz CT molecular complexity index is 329. The number of carbonyl (C=O) groups is 2. The van der Waals surface area contributed by atoms with Crippen molar-refractivity contribution in [2.75, 3.05) is 13.7 Å². The number of amides is 1. The molecule has 1 aliphatic heterocycles. The number of rotatable bonds is 3. The van der Waals surface area contributed by atoms with Gasteiger partial charge in [-0.2, -0.15) is 0 Å². The first-order chi connectivity index (χ1) is 8.65. The molecule has 0 aromatic carbocycles. The summed E-state index contributed by atoms with van der Waals surface area (Å²) in [7, 11) is 1.56. The Morgan fingerprint density at radius 3 is 2.72 bits per heavy atom. The minimum Gasteiger partial charge on any atom is -0.372 e. The fourth-order valence-corrected chi connectivity index (χ4v) is 3.23. The van der Waals surface area contributed by atoms with Crippen LogP contribution in [0.3, 0.4) is 0 Å². The maximum Gasteiger partial charge on any atom is 0.251 e. The van der Waals surface area contributed by atoms with Gasteiger partial charge in [0.15, 0.2) is 0 Å². The van der Waals surface area contributed by atoms with E-state index in [1.807, 2.05) is 4.90 Å². The van der Waals surface area contributed by atoms with Crippen LogP contribution in [-0.2, 0) is 14.3 Å². The van der Waals surface area contributed by atoms with E-state index in [-0.39, 0.29) is 17.9 Å². The van der Waals surface area contributed by atoms with Crippen molar-refractivity contribution in [2.45, 2.75) is 57.6 Å². The van der Waals surface area contributed by atoms with Crippen molar-refractivity contribution in [2.24, 2.45) is 5.92 Å². The summed E-state index contributed by atoms with van der Waals surface area (Å²) in [5, 5.41) is 0. The maximum atomic E-state index is 12.3. The smallest absolute Gasteiger partial charge is 0.251 e. The summed E-state index contributed by atoms with van der Waals surface area (Å²) in [6.45, 7) is 2.56. The summed E-state index contributed by atoms with van der Waals surface area (Å²) in [6, 6.07) is 0.124. The van der Waals surface area contributed by atoms with Gasteiger partial charge in [0.2, 0.25) is 0 Å². The average molecular weight is 253 g/mol. The van der Waals surface area contributed by atoms with E-state index >= 15 is 0 Å². The van der Waals surface area contributed by atoms with E-state index in [9.17, 15) is 9.59 Å². The molecule has 0 bridgehead atoms. The summed E-state index contributed by atoms with van der Waals surface area (Å²) < 4.78 is 5.13. The highest BCUT2D eigenvalue weighted by atomic mass is 16.5. The fraction of sp³-hybridized carbons (Fsp3) is 0.857. The first-order valence-electron chi connectivity index (χ1n) is 7.01. The Kier molecular flexibility index (Phi) is 4.38. The second kappa shape index (κ2) is 5.83. The molecular formula is C14H23NO3. The molecule has 102 valence electrons. The summed E-state index contributed by atoms with van der Waals surface area (Å²) in [5.74, 6) is 0.477. The topological polar surface area (TPSA) is 46.6 Å². The van der Waals surface area contributed by atoms with E-state index < -0.39 is 6.10 Å². The normalized spacial score (nSPS) is 30.6. The van der Waals surface area contributed by atoms with Crippen molar-refractivity contribution in [3.63, 3.8) is 0 Å². The molecule has 0 radical (unpaired) electrons. The predicted molar refractivity (Wildman–Crippen MR) is 68.2 cm³/mol. The van der Waals surface area contributed by atoms with Gasteiger partial charge in [0.1, 0.15) is 11.9 Å². The van der Waals surface area contributed by atoms with Gasteiger partial charge in [-0.3, -0.25) is 9.59 Å². The van der Waals surface area contributed by atoms with Crippen molar-refractivity contribution in [3.8, 4) is 0 Å². The van der Waals surface area contributed by atoms with Crippen LogP contribution in [0.15, 0.2) is 0 Å². The first kappa shape index (κ1) is 13.5. The van der Waals surface area contributed by atoms with Crippen LogP contribution >= 0.6 is 0 Å². The van der Waals surface area contributed by atoms with Gasteiger partial charge in [0.25, 0.3) is 5.91 Å². The lowest BCUT2D eigenvalue weighted by molar-refractivity contribution is -0.147. The molecule has 0 spiro atoms.